The SMILES string of the molecule is Cc1cccnc1NC(=O)Nc1ccc(CC(=O)N2CCN(CCC(=O)O)C(=O)C2CC(C)C)cc1C1CCCC1. The van der Waals surface area contributed by atoms with Crippen molar-refractivity contribution in [1.82, 2.24) is 14.8 Å². The number of carbonyl (C=O) groups is 4. The van der Waals surface area contributed by atoms with E-state index in [9.17, 15) is 19.2 Å². The van der Waals surface area contributed by atoms with Crippen LogP contribution in [0.25, 0.3) is 0 Å². The number of nitrogens with zero attached hydrogens (tertiary/aromatic N) is 3. The predicted octanol–water partition coefficient (Wildman–Crippen LogP) is 4.79. The van der Waals surface area contributed by atoms with Gasteiger partial charge in [-0.15, -0.1) is 0 Å². The number of anilines is 2. The summed E-state index contributed by atoms with van der Waals surface area (Å²) in [5.74, 6) is -0.257. The van der Waals surface area contributed by atoms with Gasteiger partial charge in [-0.25, -0.2) is 9.78 Å². The van der Waals surface area contributed by atoms with Crippen LogP contribution in [0.15, 0.2) is 36.5 Å². The summed E-state index contributed by atoms with van der Waals surface area (Å²) in [6.07, 6.45) is 6.49. The van der Waals surface area contributed by atoms with Gasteiger partial charge in [0, 0.05) is 31.5 Å². The topological polar surface area (TPSA) is 132 Å². The van der Waals surface area contributed by atoms with E-state index in [0.29, 0.717) is 31.2 Å². The third-order valence-electron chi connectivity index (χ3n) is 7.95. The number of piperazine rings is 1. The smallest absolute Gasteiger partial charge is 0.324 e. The lowest BCUT2D eigenvalue weighted by atomic mass is 9.92. The minimum atomic E-state index is -0.947. The number of rotatable bonds is 10. The van der Waals surface area contributed by atoms with Crippen LogP contribution in [-0.4, -0.2) is 69.4 Å². The first kappa shape index (κ1) is 30.0. The Morgan fingerprint density at radius 1 is 1.10 bits per heavy atom. The number of pyridine rings is 1. The molecule has 1 aromatic heterocycles. The molecule has 0 radical (unpaired) electrons. The van der Waals surface area contributed by atoms with Crippen molar-refractivity contribution in [3.8, 4) is 0 Å². The van der Waals surface area contributed by atoms with E-state index in [1.54, 1.807) is 16.0 Å². The first-order chi connectivity index (χ1) is 19.6. The molecule has 2 fully saturated rings. The van der Waals surface area contributed by atoms with E-state index in [1.807, 2.05) is 51.1 Å². The molecule has 2 aliphatic rings. The Morgan fingerprint density at radius 2 is 1.85 bits per heavy atom. The fourth-order valence-electron chi connectivity index (χ4n) is 5.83. The number of urea groups is 1. The summed E-state index contributed by atoms with van der Waals surface area (Å²) >= 11 is 0. The van der Waals surface area contributed by atoms with Crippen LogP contribution < -0.4 is 10.6 Å². The number of benzene rings is 1. The van der Waals surface area contributed by atoms with Crippen molar-refractivity contribution in [2.45, 2.75) is 77.7 Å². The van der Waals surface area contributed by atoms with Gasteiger partial charge < -0.3 is 20.2 Å². The summed E-state index contributed by atoms with van der Waals surface area (Å²) in [5, 5.41) is 14.9. The molecule has 10 nitrogen and oxygen atoms in total. The van der Waals surface area contributed by atoms with Crippen molar-refractivity contribution >= 4 is 35.3 Å². The highest BCUT2D eigenvalue weighted by atomic mass is 16.4. The van der Waals surface area contributed by atoms with Gasteiger partial charge in [-0.2, -0.15) is 0 Å². The molecule has 2 aromatic rings. The third kappa shape index (κ3) is 7.83. The van der Waals surface area contributed by atoms with Gasteiger partial charge in [0.1, 0.15) is 11.9 Å². The molecule has 4 amide bonds. The molecule has 1 atom stereocenters. The predicted molar refractivity (Wildman–Crippen MR) is 157 cm³/mol. The molecule has 4 rings (SSSR count). The van der Waals surface area contributed by atoms with E-state index < -0.39 is 12.0 Å². The minimum Gasteiger partial charge on any atom is -0.481 e. The monoisotopic (exact) mass is 563 g/mol. The Morgan fingerprint density at radius 3 is 2.54 bits per heavy atom. The molecule has 1 aliphatic carbocycles. The normalized spacial score (nSPS) is 17.7. The summed E-state index contributed by atoms with van der Waals surface area (Å²) < 4.78 is 0. The molecular formula is C31H41N5O5. The van der Waals surface area contributed by atoms with Crippen molar-refractivity contribution in [2.75, 3.05) is 30.3 Å². The van der Waals surface area contributed by atoms with Gasteiger partial charge in [0.2, 0.25) is 11.8 Å². The molecule has 41 heavy (non-hydrogen) atoms. The van der Waals surface area contributed by atoms with Gasteiger partial charge in [-0.05, 0) is 66.8 Å². The first-order valence-corrected chi connectivity index (χ1v) is 14.5. The quantitative estimate of drug-likeness (QED) is 0.381. The van der Waals surface area contributed by atoms with Gasteiger partial charge in [0.05, 0.1) is 12.8 Å². The van der Waals surface area contributed by atoms with Gasteiger partial charge >= 0.3 is 12.0 Å². The van der Waals surface area contributed by atoms with Gasteiger partial charge in [-0.1, -0.05) is 44.9 Å². The number of aliphatic carboxylic acids is 1. The standard InChI is InChI=1S/C31H41N5O5/c1-20(2)17-26-30(40)35(14-12-28(38)39)15-16-36(26)27(37)19-22-10-11-25(24(18-22)23-8-4-5-9-23)33-31(41)34-29-21(3)7-6-13-32-29/h6-7,10-11,13,18,20,23,26H,4-5,8-9,12,14-17,19H2,1-3H3,(H,38,39)(H2,32,33,34,41). The maximum absolute atomic E-state index is 13.6. The van der Waals surface area contributed by atoms with Crippen molar-refractivity contribution < 1.29 is 24.3 Å². The molecule has 220 valence electrons. The van der Waals surface area contributed by atoms with Crippen molar-refractivity contribution in [3.63, 3.8) is 0 Å². The molecule has 1 aliphatic heterocycles. The summed E-state index contributed by atoms with van der Waals surface area (Å²) in [6, 6.07) is 8.48. The Hall–Kier alpha value is -3.95. The molecule has 3 N–H and O–H groups in total. The highest BCUT2D eigenvalue weighted by Crippen LogP contribution is 2.38. The van der Waals surface area contributed by atoms with Crippen LogP contribution in [0.2, 0.25) is 0 Å². The Labute approximate surface area is 241 Å². The maximum Gasteiger partial charge on any atom is 0.324 e. The summed E-state index contributed by atoms with van der Waals surface area (Å²) in [7, 11) is 0. The van der Waals surface area contributed by atoms with E-state index in [4.69, 9.17) is 5.11 Å². The molecule has 2 heterocycles. The van der Waals surface area contributed by atoms with Crippen molar-refractivity contribution in [1.29, 1.82) is 0 Å². The Kier molecular flexibility index (Phi) is 9.96. The highest BCUT2D eigenvalue weighted by molar-refractivity contribution is 6.00. The number of aromatic nitrogens is 1. The van der Waals surface area contributed by atoms with Crippen LogP contribution in [0.1, 0.15) is 75.0 Å². The van der Waals surface area contributed by atoms with Gasteiger partial charge in [0.15, 0.2) is 0 Å². The first-order valence-electron chi connectivity index (χ1n) is 14.5. The van der Waals surface area contributed by atoms with Crippen molar-refractivity contribution in [3.05, 3.63) is 53.2 Å². The lowest BCUT2D eigenvalue weighted by Crippen LogP contribution is -2.59. The average molecular weight is 564 g/mol. The Bertz CT molecular complexity index is 1270. The zero-order valence-corrected chi connectivity index (χ0v) is 24.2. The second kappa shape index (κ2) is 13.6. The van der Waals surface area contributed by atoms with Gasteiger partial charge in [-0.3, -0.25) is 19.7 Å². The van der Waals surface area contributed by atoms with Crippen molar-refractivity contribution in [2.24, 2.45) is 5.92 Å². The number of nitrogens with one attached hydrogen (secondary N) is 2. The fraction of sp³-hybridized carbons (Fsp3) is 0.516. The molecule has 1 unspecified atom stereocenters. The second-order valence-electron chi connectivity index (χ2n) is 11.5. The Balaban J connectivity index is 1.50. The fourth-order valence-corrected chi connectivity index (χ4v) is 5.83. The number of amides is 4. The number of carbonyl (C=O) groups excluding carboxylic acids is 3. The van der Waals surface area contributed by atoms with E-state index in [0.717, 1.165) is 48.1 Å². The van der Waals surface area contributed by atoms with E-state index >= 15 is 0 Å². The van der Waals surface area contributed by atoms with Crippen LogP contribution in [0.3, 0.4) is 0 Å². The van der Waals surface area contributed by atoms with Crippen LogP contribution in [0.4, 0.5) is 16.3 Å². The van der Waals surface area contributed by atoms with Crippen LogP contribution >= 0.6 is 0 Å². The largest absolute Gasteiger partial charge is 0.481 e. The van der Waals surface area contributed by atoms with E-state index in [1.165, 1.54) is 0 Å². The second-order valence-corrected chi connectivity index (χ2v) is 11.5. The number of hydrogen-bond acceptors (Lipinski definition) is 5. The van der Waals surface area contributed by atoms with Crippen LogP contribution in [0.5, 0.6) is 0 Å². The van der Waals surface area contributed by atoms with E-state index in [-0.39, 0.29) is 43.1 Å². The zero-order chi connectivity index (χ0) is 29.5. The number of aryl methyl sites for hydroxylation is 1. The lowest BCUT2D eigenvalue weighted by Gasteiger charge is -2.41. The molecule has 1 aromatic carbocycles. The number of carboxylic acid groups (broad SMARTS) is 1. The third-order valence-corrected chi connectivity index (χ3v) is 7.95. The van der Waals surface area contributed by atoms with Gasteiger partial charge in [0.25, 0.3) is 0 Å². The maximum atomic E-state index is 13.6. The highest BCUT2D eigenvalue weighted by Gasteiger charge is 2.37. The summed E-state index contributed by atoms with van der Waals surface area (Å²) in [5.41, 5.74) is 3.45. The molecular weight excluding hydrogens is 522 g/mol. The number of carboxylic acids is 1. The lowest BCUT2D eigenvalue weighted by molar-refractivity contribution is -0.152. The zero-order valence-electron chi connectivity index (χ0n) is 24.2. The summed E-state index contributed by atoms with van der Waals surface area (Å²) in [4.78, 5) is 58.2. The molecule has 0 spiro atoms. The number of hydrogen-bond donors (Lipinski definition) is 3. The van der Waals surface area contributed by atoms with E-state index in [2.05, 4.69) is 15.6 Å². The molecule has 0 bridgehead atoms. The van der Waals surface area contributed by atoms with Crippen LogP contribution in [-0.2, 0) is 20.8 Å². The minimum absolute atomic E-state index is 0.113. The molecule has 1 saturated carbocycles. The average Bonchev–Trinajstić information content (AvgIpc) is 3.46. The molecule has 1 saturated heterocycles. The summed E-state index contributed by atoms with van der Waals surface area (Å²) in [6.45, 7) is 6.76. The van der Waals surface area contributed by atoms with Crippen LogP contribution in [0, 0.1) is 12.8 Å². The molecule has 10 heteroatoms.